The molecule has 0 amide bonds. The number of rotatable bonds is 0. The minimum absolute atomic E-state index is 0.509. The van der Waals surface area contributed by atoms with Crippen molar-refractivity contribution in [1.29, 1.82) is 0 Å². The molecule has 0 spiro atoms. The van der Waals surface area contributed by atoms with Crippen LogP contribution in [0.1, 0.15) is 25.7 Å². The lowest BCUT2D eigenvalue weighted by molar-refractivity contribution is 0.0101. The smallest absolute Gasteiger partial charge is 0.0802 e. The van der Waals surface area contributed by atoms with Gasteiger partial charge in [0.15, 0.2) is 0 Å². The second-order valence-corrected chi connectivity index (χ2v) is 2.76. The van der Waals surface area contributed by atoms with E-state index in [9.17, 15) is 10.2 Å². The molecular formula is C8H14O2. The largest absolute Gasteiger partial charge is 0.390 e. The molecule has 1 aliphatic rings. The molecule has 0 saturated carbocycles. The van der Waals surface area contributed by atoms with Gasteiger partial charge in [-0.3, -0.25) is 0 Å². The zero-order valence-corrected chi connectivity index (χ0v) is 6.03. The van der Waals surface area contributed by atoms with E-state index in [0.717, 1.165) is 12.8 Å². The third kappa shape index (κ3) is 2.12. The SMILES string of the molecule is OC1CC/C=C/CCC1O. The summed E-state index contributed by atoms with van der Waals surface area (Å²) >= 11 is 0. The van der Waals surface area contributed by atoms with E-state index >= 15 is 0 Å². The molecule has 2 atom stereocenters. The molecule has 0 aromatic heterocycles. The summed E-state index contributed by atoms with van der Waals surface area (Å²) in [4.78, 5) is 0. The molecule has 0 aliphatic heterocycles. The lowest BCUT2D eigenvalue weighted by atomic mass is 10.0. The highest BCUT2D eigenvalue weighted by molar-refractivity contribution is 4.87. The van der Waals surface area contributed by atoms with Crippen molar-refractivity contribution in [3.05, 3.63) is 12.2 Å². The van der Waals surface area contributed by atoms with Crippen molar-refractivity contribution >= 4 is 0 Å². The van der Waals surface area contributed by atoms with Gasteiger partial charge in [-0.1, -0.05) is 12.2 Å². The van der Waals surface area contributed by atoms with E-state index in [4.69, 9.17) is 0 Å². The average Bonchev–Trinajstić information content (AvgIpc) is 1.92. The topological polar surface area (TPSA) is 40.5 Å². The van der Waals surface area contributed by atoms with Gasteiger partial charge in [-0.25, -0.2) is 0 Å². The van der Waals surface area contributed by atoms with Gasteiger partial charge in [-0.05, 0) is 25.7 Å². The van der Waals surface area contributed by atoms with E-state index in [1.165, 1.54) is 0 Å². The van der Waals surface area contributed by atoms with Crippen LogP contribution in [0.25, 0.3) is 0 Å². The molecule has 10 heavy (non-hydrogen) atoms. The summed E-state index contributed by atoms with van der Waals surface area (Å²) in [5.74, 6) is 0. The van der Waals surface area contributed by atoms with Crippen LogP contribution in [-0.4, -0.2) is 22.4 Å². The minimum atomic E-state index is -0.509. The van der Waals surface area contributed by atoms with E-state index in [2.05, 4.69) is 12.2 Å². The number of hydrogen-bond acceptors (Lipinski definition) is 2. The highest BCUT2D eigenvalue weighted by Crippen LogP contribution is 2.12. The van der Waals surface area contributed by atoms with Crippen molar-refractivity contribution < 1.29 is 10.2 Å². The Morgan fingerprint density at radius 1 is 0.900 bits per heavy atom. The monoisotopic (exact) mass is 142 g/mol. The third-order valence-electron chi connectivity index (χ3n) is 1.87. The lowest BCUT2D eigenvalue weighted by Crippen LogP contribution is -2.25. The molecule has 0 aromatic rings. The van der Waals surface area contributed by atoms with Gasteiger partial charge in [0, 0.05) is 0 Å². The summed E-state index contributed by atoms with van der Waals surface area (Å²) in [6, 6.07) is 0. The highest BCUT2D eigenvalue weighted by Gasteiger charge is 2.15. The van der Waals surface area contributed by atoms with Crippen LogP contribution in [0.2, 0.25) is 0 Å². The van der Waals surface area contributed by atoms with Crippen LogP contribution in [0.3, 0.4) is 0 Å². The molecule has 0 saturated heterocycles. The molecular weight excluding hydrogens is 128 g/mol. The first-order chi connectivity index (χ1) is 4.80. The maximum absolute atomic E-state index is 9.20. The van der Waals surface area contributed by atoms with Gasteiger partial charge >= 0.3 is 0 Å². The number of aliphatic hydroxyl groups is 2. The van der Waals surface area contributed by atoms with Crippen molar-refractivity contribution in [3.8, 4) is 0 Å². The van der Waals surface area contributed by atoms with Gasteiger partial charge in [0.1, 0.15) is 0 Å². The van der Waals surface area contributed by atoms with Crippen LogP contribution in [0, 0.1) is 0 Å². The zero-order chi connectivity index (χ0) is 7.40. The Morgan fingerprint density at radius 3 is 1.70 bits per heavy atom. The van der Waals surface area contributed by atoms with E-state index < -0.39 is 12.2 Å². The minimum Gasteiger partial charge on any atom is -0.390 e. The molecule has 2 nitrogen and oxygen atoms in total. The molecule has 0 aromatic carbocycles. The van der Waals surface area contributed by atoms with Gasteiger partial charge in [-0.2, -0.15) is 0 Å². The Hall–Kier alpha value is -0.340. The quantitative estimate of drug-likeness (QED) is 0.492. The maximum Gasteiger partial charge on any atom is 0.0802 e. The van der Waals surface area contributed by atoms with Crippen LogP contribution < -0.4 is 0 Å². The standard InChI is InChI=1S/C8H14O2/c9-7-5-3-1-2-4-6-8(7)10/h1-2,7-10H,3-6H2/b2-1+. The van der Waals surface area contributed by atoms with Crippen molar-refractivity contribution in [1.82, 2.24) is 0 Å². The second-order valence-electron chi connectivity index (χ2n) is 2.76. The molecule has 1 rings (SSSR count). The second kappa shape index (κ2) is 3.74. The van der Waals surface area contributed by atoms with E-state index in [-0.39, 0.29) is 0 Å². The van der Waals surface area contributed by atoms with Crippen LogP contribution in [0.4, 0.5) is 0 Å². The summed E-state index contributed by atoms with van der Waals surface area (Å²) in [5.41, 5.74) is 0. The molecule has 0 heterocycles. The van der Waals surface area contributed by atoms with Crippen molar-refractivity contribution in [2.75, 3.05) is 0 Å². The predicted molar refractivity (Wildman–Crippen MR) is 39.6 cm³/mol. The normalized spacial score (nSPS) is 38.2. The first-order valence-electron chi connectivity index (χ1n) is 3.82. The Labute approximate surface area is 61.2 Å². The van der Waals surface area contributed by atoms with Crippen molar-refractivity contribution in [2.45, 2.75) is 37.9 Å². The molecule has 2 unspecified atom stereocenters. The number of hydrogen-bond donors (Lipinski definition) is 2. The number of allylic oxidation sites excluding steroid dienone is 2. The molecule has 2 N–H and O–H groups in total. The van der Waals surface area contributed by atoms with Gasteiger partial charge in [-0.15, -0.1) is 0 Å². The summed E-state index contributed by atoms with van der Waals surface area (Å²) in [6.07, 6.45) is 6.27. The van der Waals surface area contributed by atoms with Crippen LogP contribution >= 0.6 is 0 Å². The Morgan fingerprint density at radius 2 is 1.30 bits per heavy atom. The molecule has 0 bridgehead atoms. The van der Waals surface area contributed by atoms with Crippen LogP contribution in [0.15, 0.2) is 12.2 Å². The Bertz CT molecular complexity index is 106. The maximum atomic E-state index is 9.20. The summed E-state index contributed by atoms with van der Waals surface area (Å²) in [6.45, 7) is 0. The molecule has 58 valence electrons. The van der Waals surface area contributed by atoms with Gasteiger partial charge in [0.2, 0.25) is 0 Å². The Balaban J connectivity index is 2.40. The average molecular weight is 142 g/mol. The first-order valence-corrected chi connectivity index (χ1v) is 3.82. The van der Waals surface area contributed by atoms with E-state index in [0.29, 0.717) is 12.8 Å². The van der Waals surface area contributed by atoms with Gasteiger partial charge in [0.05, 0.1) is 12.2 Å². The molecule has 0 fully saturated rings. The zero-order valence-electron chi connectivity index (χ0n) is 6.03. The molecule has 1 aliphatic carbocycles. The first kappa shape index (κ1) is 7.76. The number of aliphatic hydroxyl groups excluding tert-OH is 2. The van der Waals surface area contributed by atoms with E-state index in [1.54, 1.807) is 0 Å². The fraction of sp³-hybridized carbons (Fsp3) is 0.750. The summed E-state index contributed by atoms with van der Waals surface area (Å²) in [7, 11) is 0. The molecule has 2 heteroatoms. The fourth-order valence-electron chi connectivity index (χ4n) is 1.15. The molecule has 0 radical (unpaired) electrons. The third-order valence-corrected chi connectivity index (χ3v) is 1.87. The fourth-order valence-corrected chi connectivity index (χ4v) is 1.15. The highest BCUT2D eigenvalue weighted by atomic mass is 16.3. The van der Waals surface area contributed by atoms with Crippen LogP contribution in [0.5, 0.6) is 0 Å². The van der Waals surface area contributed by atoms with Crippen LogP contribution in [-0.2, 0) is 0 Å². The van der Waals surface area contributed by atoms with Gasteiger partial charge < -0.3 is 10.2 Å². The van der Waals surface area contributed by atoms with Gasteiger partial charge in [0.25, 0.3) is 0 Å². The Kier molecular flexibility index (Phi) is 2.90. The van der Waals surface area contributed by atoms with E-state index in [1.807, 2.05) is 0 Å². The van der Waals surface area contributed by atoms with Crippen molar-refractivity contribution in [2.24, 2.45) is 0 Å². The summed E-state index contributed by atoms with van der Waals surface area (Å²) < 4.78 is 0. The summed E-state index contributed by atoms with van der Waals surface area (Å²) in [5, 5.41) is 18.4. The lowest BCUT2D eigenvalue weighted by Gasteiger charge is -2.17. The van der Waals surface area contributed by atoms with Crippen molar-refractivity contribution in [3.63, 3.8) is 0 Å². The predicted octanol–water partition coefficient (Wildman–Crippen LogP) is 0.838.